The van der Waals surface area contributed by atoms with Gasteiger partial charge >= 0.3 is 6.18 Å². The van der Waals surface area contributed by atoms with Crippen LogP contribution in [0.1, 0.15) is 165 Å². The minimum absolute atomic E-state index is 0.00594. The molecular weight excluding hydrogens is 1250 g/mol. The van der Waals surface area contributed by atoms with Crippen LogP contribution in [0, 0.1) is 20.8 Å². The SMILES string of the molecule is Cc1ccc(O)c(C2CCC(N3CC(NC(=O)CNC(=O)c4cccc(C(F)(F)F)c4)C3)CC2)n1.Cc1cccc(C(=O)NCC(=O)NC2CN(C3CCC(c4ccc(O)cn4)CC3)C2)c1.Cc1cccc(C(=O)NCC(=O)NC2CN(C3CCC(c4cncc(O)c4)CC3)C2)c1. The van der Waals surface area contributed by atoms with Gasteiger partial charge in [0.2, 0.25) is 17.7 Å². The van der Waals surface area contributed by atoms with E-state index in [9.17, 15) is 57.3 Å². The van der Waals surface area contributed by atoms with E-state index in [0.717, 1.165) is 168 Å². The van der Waals surface area contributed by atoms with E-state index in [1.165, 1.54) is 18.5 Å². The fourth-order valence-electron chi connectivity index (χ4n) is 14.1. The maximum atomic E-state index is 12.8. The van der Waals surface area contributed by atoms with E-state index in [4.69, 9.17) is 0 Å². The van der Waals surface area contributed by atoms with E-state index >= 15 is 0 Å². The molecule has 6 aromatic rings. The smallest absolute Gasteiger partial charge is 0.416 e. The first-order chi connectivity index (χ1) is 46.5. The minimum Gasteiger partial charge on any atom is -0.506 e. The van der Waals surface area contributed by atoms with Crippen molar-refractivity contribution < 1.29 is 57.3 Å². The number of aryl methyl sites for hydroxylation is 3. The Morgan fingerprint density at radius 2 is 0.907 bits per heavy atom. The quantitative estimate of drug-likeness (QED) is 0.0393. The third kappa shape index (κ3) is 20.1. The number of pyridine rings is 3. The number of carbonyl (C=O) groups excluding carboxylic acids is 6. The summed E-state index contributed by atoms with van der Waals surface area (Å²) in [7, 11) is 0. The fourth-order valence-corrected chi connectivity index (χ4v) is 14.1. The van der Waals surface area contributed by atoms with Gasteiger partial charge in [0.25, 0.3) is 17.7 Å². The Morgan fingerprint density at radius 3 is 1.33 bits per heavy atom. The molecule has 12 rings (SSSR count). The van der Waals surface area contributed by atoms with Crippen molar-refractivity contribution in [3.8, 4) is 17.2 Å². The topological polar surface area (TPSA) is 284 Å². The summed E-state index contributed by atoms with van der Waals surface area (Å²) in [6, 6.07) is 29.5. The summed E-state index contributed by atoms with van der Waals surface area (Å²) in [6.07, 6.45) is 13.1. The van der Waals surface area contributed by atoms with Crippen molar-refractivity contribution in [2.45, 2.75) is 158 Å². The van der Waals surface area contributed by atoms with Crippen LogP contribution in [0.3, 0.4) is 0 Å². The van der Waals surface area contributed by atoms with Crippen LogP contribution in [-0.4, -0.2) is 176 Å². The first-order valence-corrected chi connectivity index (χ1v) is 33.8. The number of hydrogen-bond acceptors (Lipinski definition) is 15. The lowest BCUT2D eigenvalue weighted by molar-refractivity contribution is -0.137. The number of aromatic hydroxyl groups is 3. The summed E-state index contributed by atoms with van der Waals surface area (Å²) < 4.78 is 38.4. The van der Waals surface area contributed by atoms with Crippen LogP contribution in [0.25, 0.3) is 0 Å². The predicted octanol–water partition coefficient (Wildman–Crippen LogP) is 8.08. The number of rotatable bonds is 18. The highest BCUT2D eigenvalue weighted by Gasteiger charge is 2.39. The average molecular weight is 1340 g/mol. The largest absolute Gasteiger partial charge is 0.506 e. The van der Waals surface area contributed by atoms with Crippen molar-refractivity contribution in [1.82, 2.24) is 61.6 Å². The third-order valence-electron chi connectivity index (χ3n) is 19.5. The number of alkyl halides is 3. The zero-order chi connectivity index (χ0) is 68.8. The van der Waals surface area contributed by atoms with Crippen LogP contribution in [-0.2, 0) is 20.6 Å². The summed E-state index contributed by atoms with van der Waals surface area (Å²) in [4.78, 5) is 93.2. The van der Waals surface area contributed by atoms with Crippen LogP contribution in [0.2, 0.25) is 0 Å². The summed E-state index contributed by atoms with van der Waals surface area (Å²) >= 11 is 0. The molecule has 3 saturated heterocycles. The number of benzene rings is 3. The van der Waals surface area contributed by atoms with Crippen LogP contribution in [0.4, 0.5) is 13.2 Å². The first-order valence-electron chi connectivity index (χ1n) is 33.8. The van der Waals surface area contributed by atoms with E-state index < -0.39 is 17.6 Å². The Hall–Kier alpha value is -9.00. The van der Waals surface area contributed by atoms with Crippen LogP contribution in [0.5, 0.6) is 17.2 Å². The summed E-state index contributed by atoms with van der Waals surface area (Å²) in [5.74, 6) is 0.0220. The second-order valence-corrected chi connectivity index (χ2v) is 26.8. The van der Waals surface area contributed by atoms with Crippen molar-refractivity contribution in [2.75, 3.05) is 58.9 Å². The van der Waals surface area contributed by atoms with Gasteiger partial charge in [-0.2, -0.15) is 13.2 Å². The van der Waals surface area contributed by atoms with Gasteiger partial charge in [0.05, 0.1) is 61.4 Å². The molecule has 97 heavy (non-hydrogen) atoms. The molecule has 3 aromatic carbocycles. The summed E-state index contributed by atoms with van der Waals surface area (Å²) in [6.45, 7) is 10.4. The van der Waals surface area contributed by atoms with Gasteiger partial charge in [-0.3, -0.25) is 58.4 Å². The number of amides is 6. The Kier molecular flexibility index (Phi) is 24.0. The molecule has 0 spiro atoms. The number of halogens is 3. The lowest BCUT2D eigenvalue weighted by atomic mass is 9.81. The molecule has 3 aliphatic heterocycles. The maximum Gasteiger partial charge on any atom is 0.416 e. The number of carbonyl (C=O) groups is 6. The van der Waals surface area contributed by atoms with Crippen molar-refractivity contribution in [2.24, 2.45) is 0 Å². The molecule has 0 radical (unpaired) electrons. The number of hydrogen-bond donors (Lipinski definition) is 9. The molecule has 9 N–H and O–H groups in total. The van der Waals surface area contributed by atoms with Gasteiger partial charge in [0.1, 0.15) is 17.2 Å². The Balaban J connectivity index is 0.000000158. The maximum absolute atomic E-state index is 12.8. The van der Waals surface area contributed by atoms with Gasteiger partial charge in [-0.25, -0.2) is 0 Å². The summed E-state index contributed by atoms with van der Waals surface area (Å²) in [5, 5.41) is 45.8. The van der Waals surface area contributed by atoms with E-state index in [-0.39, 0.29) is 96.0 Å². The molecule has 21 nitrogen and oxygen atoms in total. The molecule has 24 heteroatoms. The molecule has 0 unspecified atom stereocenters. The second kappa shape index (κ2) is 32.8. The van der Waals surface area contributed by atoms with Crippen molar-refractivity contribution in [3.63, 3.8) is 0 Å². The Morgan fingerprint density at radius 1 is 0.474 bits per heavy atom. The van der Waals surface area contributed by atoms with Gasteiger partial charge in [-0.1, -0.05) is 41.5 Å². The van der Waals surface area contributed by atoms with Gasteiger partial charge in [0.15, 0.2) is 0 Å². The molecule has 6 amide bonds. The molecule has 3 aliphatic carbocycles. The van der Waals surface area contributed by atoms with E-state index in [1.54, 1.807) is 30.3 Å². The lowest BCUT2D eigenvalue weighted by Crippen LogP contribution is -2.63. The second-order valence-electron chi connectivity index (χ2n) is 26.8. The molecule has 6 fully saturated rings. The number of likely N-dealkylation sites (tertiary alicyclic amines) is 3. The van der Waals surface area contributed by atoms with Crippen molar-refractivity contribution in [3.05, 3.63) is 178 Å². The molecule has 6 aliphatic rings. The Labute approximate surface area is 563 Å². The number of nitrogens with one attached hydrogen (secondary N) is 6. The molecule has 6 heterocycles. The Bertz CT molecular complexity index is 3690. The van der Waals surface area contributed by atoms with Crippen LogP contribution < -0.4 is 31.9 Å². The third-order valence-corrected chi connectivity index (χ3v) is 19.5. The van der Waals surface area contributed by atoms with E-state index in [1.807, 2.05) is 75.5 Å². The van der Waals surface area contributed by atoms with Gasteiger partial charge in [-0.05, 0) is 182 Å². The van der Waals surface area contributed by atoms with Crippen molar-refractivity contribution in [1.29, 1.82) is 0 Å². The molecule has 516 valence electrons. The monoisotopic (exact) mass is 1330 g/mol. The van der Waals surface area contributed by atoms with Crippen molar-refractivity contribution >= 4 is 35.4 Å². The van der Waals surface area contributed by atoms with Crippen LogP contribution >= 0.6 is 0 Å². The zero-order valence-corrected chi connectivity index (χ0v) is 55.2. The lowest BCUT2D eigenvalue weighted by Gasteiger charge is -2.46. The zero-order valence-electron chi connectivity index (χ0n) is 55.2. The molecule has 0 atom stereocenters. The van der Waals surface area contributed by atoms with Gasteiger partial charge in [-0.15, -0.1) is 0 Å². The van der Waals surface area contributed by atoms with Gasteiger partial charge < -0.3 is 47.2 Å². The highest BCUT2D eigenvalue weighted by molar-refractivity contribution is 5.98. The first kappa shape index (κ1) is 70.8. The fraction of sp³-hybridized carbons (Fsp3) is 0.466. The molecule has 3 aromatic heterocycles. The molecule has 3 saturated carbocycles. The molecular formula is C73H89F3N12O9. The molecule has 0 bridgehead atoms. The number of aromatic nitrogens is 3. The number of nitrogens with zero attached hydrogens (tertiary/aromatic N) is 6. The minimum atomic E-state index is -4.54. The normalized spacial score (nSPS) is 21.6. The predicted molar refractivity (Wildman–Crippen MR) is 359 cm³/mol. The highest BCUT2D eigenvalue weighted by atomic mass is 19.4. The standard InChI is InChI=1S/C25H29F3N4O3.2C24H30N4O3/c1-15-5-10-21(33)23(30-15)16-6-8-20(9-7-16)32-13-19(14-32)31-22(34)12-29-24(35)17-3-2-4-18(11-17)25(26,27)28;1-16-3-2-4-18(9-16)24(31)26-13-23(30)27-20-14-28(15-20)21-7-5-17(6-8-21)19-10-22(29)12-25-11-19;1-16-3-2-4-18(11-16)24(31)26-13-23(30)27-19-14-28(15-19)20-7-5-17(6-8-20)22-10-9-21(29)12-25-22/h2-5,10-11,16,19-20,33H,6-9,12-14H2,1H3,(H,29,35)(H,31,34);2-4,9-12,17,20-21,29H,5-8,13-15H2,1H3,(H,26,31)(H,27,30);2-4,9-12,17,19-20,29H,5-8,13-15H2,1H3,(H,26,31)(H,27,30). The average Bonchev–Trinajstić information content (AvgIpc) is 0.833. The van der Waals surface area contributed by atoms with E-state index in [2.05, 4.69) is 61.6 Å². The highest BCUT2D eigenvalue weighted by Crippen LogP contribution is 2.40. The van der Waals surface area contributed by atoms with Crippen LogP contribution in [0.15, 0.2) is 122 Å². The summed E-state index contributed by atoms with van der Waals surface area (Å²) in [5.41, 5.74) is 5.98. The van der Waals surface area contributed by atoms with E-state index in [0.29, 0.717) is 41.1 Å². The van der Waals surface area contributed by atoms with Gasteiger partial charge in [0, 0.05) is 104 Å².